The quantitative estimate of drug-likeness (QED) is 0.214. The van der Waals surface area contributed by atoms with Crippen molar-refractivity contribution in [2.45, 2.75) is 0 Å². The lowest BCUT2D eigenvalue weighted by molar-refractivity contribution is 1.18. The second-order valence-corrected chi connectivity index (χ2v) is 11.2. The first-order chi connectivity index (χ1) is 21.8. The van der Waals surface area contributed by atoms with E-state index in [2.05, 4.69) is 155 Å². The van der Waals surface area contributed by atoms with Crippen LogP contribution in [0.1, 0.15) is 0 Å². The summed E-state index contributed by atoms with van der Waals surface area (Å²) in [6, 6.07) is 51.3. The molecule has 4 heterocycles. The third-order valence-electron chi connectivity index (χ3n) is 8.54. The molecule has 0 N–H and O–H groups in total. The maximum atomic E-state index is 5.11. The number of imidazole rings is 2. The van der Waals surface area contributed by atoms with Crippen molar-refractivity contribution < 1.29 is 0 Å². The van der Waals surface area contributed by atoms with Gasteiger partial charge in [-0.05, 0) is 57.9 Å². The Balaban J connectivity index is 1.21. The number of benzene rings is 5. The van der Waals surface area contributed by atoms with E-state index >= 15 is 0 Å². The lowest BCUT2D eigenvalue weighted by Crippen LogP contribution is -1.92. The number of fused-ring (bicyclic) bond motifs is 4. The molecule has 0 bridgehead atoms. The van der Waals surface area contributed by atoms with Gasteiger partial charge in [0.25, 0.3) is 0 Å². The third-order valence-corrected chi connectivity index (χ3v) is 8.54. The van der Waals surface area contributed by atoms with Crippen molar-refractivity contribution in [3.05, 3.63) is 158 Å². The molecule has 0 aliphatic rings. The zero-order chi connectivity index (χ0) is 29.0. The molecular formula is C40H26N4. The molecule has 9 aromatic rings. The second kappa shape index (κ2) is 9.79. The van der Waals surface area contributed by atoms with Gasteiger partial charge in [-0.2, -0.15) is 0 Å². The van der Waals surface area contributed by atoms with E-state index in [1.165, 1.54) is 21.5 Å². The number of rotatable bonds is 4. The molecule has 44 heavy (non-hydrogen) atoms. The van der Waals surface area contributed by atoms with Crippen LogP contribution >= 0.6 is 0 Å². The zero-order valence-corrected chi connectivity index (χ0v) is 23.8. The molecule has 0 aliphatic carbocycles. The van der Waals surface area contributed by atoms with Gasteiger partial charge in [0.1, 0.15) is 11.3 Å². The predicted molar refractivity (Wildman–Crippen MR) is 181 cm³/mol. The van der Waals surface area contributed by atoms with Gasteiger partial charge in [-0.15, -0.1) is 0 Å². The highest BCUT2D eigenvalue weighted by Gasteiger charge is 2.19. The van der Waals surface area contributed by atoms with Gasteiger partial charge in [-0.25, -0.2) is 9.97 Å². The van der Waals surface area contributed by atoms with E-state index in [0.29, 0.717) is 0 Å². The normalized spacial score (nSPS) is 11.6. The van der Waals surface area contributed by atoms with E-state index in [9.17, 15) is 0 Å². The highest BCUT2D eigenvalue weighted by molar-refractivity contribution is 5.92. The Morgan fingerprint density at radius 3 is 1.18 bits per heavy atom. The van der Waals surface area contributed by atoms with Gasteiger partial charge >= 0.3 is 0 Å². The lowest BCUT2D eigenvalue weighted by atomic mass is 9.98. The third kappa shape index (κ3) is 3.92. The highest BCUT2D eigenvalue weighted by Crippen LogP contribution is 2.38. The van der Waals surface area contributed by atoms with E-state index in [0.717, 1.165) is 56.3 Å². The van der Waals surface area contributed by atoms with Gasteiger partial charge in [0.05, 0.1) is 22.8 Å². The number of hydrogen-bond acceptors (Lipinski definition) is 2. The Morgan fingerprint density at radius 2 is 0.727 bits per heavy atom. The molecule has 9 rings (SSSR count). The van der Waals surface area contributed by atoms with E-state index in [-0.39, 0.29) is 0 Å². The van der Waals surface area contributed by atoms with Crippen molar-refractivity contribution in [2.75, 3.05) is 0 Å². The summed E-state index contributed by atoms with van der Waals surface area (Å²) in [6.45, 7) is 0. The van der Waals surface area contributed by atoms with Crippen molar-refractivity contribution in [3.63, 3.8) is 0 Å². The fraction of sp³-hybridized carbons (Fsp3) is 0. The molecule has 4 nitrogen and oxygen atoms in total. The molecule has 0 atom stereocenters. The number of pyridine rings is 2. The molecular weight excluding hydrogens is 536 g/mol. The summed E-state index contributed by atoms with van der Waals surface area (Å²) in [7, 11) is 0. The van der Waals surface area contributed by atoms with Crippen LogP contribution in [-0.4, -0.2) is 18.8 Å². The first kappa shape index (κ1) is 24.6. The van der Waals surface area contributed by atoms with E-state index in [1.54, 1.807) is 0 Å². The monoisotopic (exact) mass is 562 g/mol. The molecule has 0 saturated carbocycles. The highest BCUT2D eigenvalue weighted by atomic mass is 15.0. The molecule has 0 radical (unpaired) electrons. The van der Waals surface area contributed by atoms with Crippen molar-refractivity contribution >= 4 is 32.8 Å². The average Bonchev–Trinajstić information content (AvgIpc) is 3.67. The van der Waals surface area contributed by atoms with Crippen LogP contribution in [0.25, 0.3) is 77.9 Å². The van der Waals surface area contributed by atoms with Gasteiger partial charge in [0.2, 0.25) is 0 Å². The molecule has 0 unspecified atom stereocenters. The summed E-state index contributed by atoms with van der Waals surface area (Å²) in [5.41, 5.74) is 10.4. The van der Waals surface area contributed by atoms with Crippen LogP contribution in [0, 0.1) is 0 Å². The van der Waals surface area contributed by atoms with Crippen molar-refractivity contribution in [1.29, 1.82) is 0 Å². The largest absolute Gasteiger partial charge is 0.299 e. The van der Waals surface area contributed by atoms with E-state index in [1.807, 2.05) is 12.1 Å². The second-order valence-electron chi connectivity index (χ2n) is 11.2. The van der Waals surface area contributed by atoms with E-state index < -0.39 is 0 Å². The van der Waals surface area contributed by atoms with Gasteiger partial charge in [-0.1, -0.05) is 109 Å². The van der Waals surface area contributed by atoms with Gasteiger partial charge in [0, 0.05) is 34.6 Å². The minimum absolute atomic E-state index is 0.926. The molecule has 4 heteroatoms. The average molecular weight is 563 g/mol. The number of hydrogen-bond donors (Lipinski definition) is 0. The summed E-state index contributed by atoms with van der Waals surface area (Å²) >= 11 is 0. The van der Waals surface area contributed by atoms with Gasteiger partial charge in [-0.3, -0.25) is 8.80 Å². The Labute approximate surface area is 254 Å². The first-order valence-electron chi connectivity index (χ1n) is 14.8. The number of nitrogens with zero attached hydrogens (tertiary/aromatic N) is 4. The minimum atomic E-state index is 0.926. The SMILES string of the molecule is c1ccc2cc(-c3nc4ccccn4c3-c3ccc(-c4c(-c5ccc6ccccc6c5)nc5ccccn45)cc3)ccc2c1. The van der Waals surface area contributed by atoms with Crippen LogP contribution < -0.4 is 0 Å². The van der Waals surface area contributed by atoms with Crippen LogP contribution in [0.3, 0.4) is 0 Å². The number of aromatic nitrogens is 4. The van der Waals surface area contributed by atoms with Gasteiger partial charge < -0.3 is 0 Å². The summed E-state index contributed by atoms with van der Waals surface area (Å²) in [4.78, 5) is 10.2. The molecule has 0 spiro atoms. The smallest absolute Gasteiger partial charge is 0.137 e. The molecule has 5 aromatic carbocycles. The molecule has 0 aliphatic heterocycles. The summed E-state index contributed by atoms with van der Waals surface area (Å²) in [5.74, 6) is 0. The van der Waals surface area contributed by atoms with Crippen molar-refractivity contribution in [1.82, 2.24) is 18.8 Å². The minimum Gasteiger partial charge on any atom is -0.299 e. The topological polar surface area (TPSA) is 34.6 Å². The molecule has 4 aromatic heterocycles. The van der Waals surface area contributed by atoms with Crippen LogP contribution in [0.15, 0.2) is 158 Å². The fourth-order valence-corrected chi connectivity index (χ4v) is 6.41. The zero-order valence-electron chi connectivity index (χ0n) is 23.8. The van der Waals surface area contributed by atoms with Crippen LogP contribution in [0.4, 0.5) is 0 Å². The summed E-state index contributed by atoms with van der Waals surface area (Å²) in [6.07, 6.45) is 4.19. The summed E-state index contributed by atoms with van der Waals surface area (Å²) < 4.78 is 4.38. The first-order valence-corrected chi connectivity index (χ1v) is 14.8. The van der Waals surface area contributed by atoms with Gasteiger partial charge in [0.15, 0.2) is 0 Å². The maximum absolute atomic E-state index is 5.11. The molecule has 206 valence electrons. The summed E-state index contributed by atoms with van der Waals surface area (Å²) in [5, 5.41) is 4.86. The lowest BCUT2D eigenvalue weighted by Gasteiger charge is -2.10. The van der Waals surface area contributed by atoms with Crippen LogP contribution in [0.2, 0.25) is 0 Å². The Bertz CT molecular complexity index is 2320. The molecule has 0 saturated heterocycles. The molecule has 0 fully saturated rings. The maximum Gasteiger partial charge on any atom is 0.137 e. The van der Waals surface area contributed by atoms with E-state index in [4.69, 9.17) is 9.97 Å². The Morgan fingerprint density at radius 1 is 0.341 bits per heavy atom. The Hall–Kier alpha value is -6.00. The molecule has 0 amide bonds. The Kier molecular flexibility index (Phi) is 5.47. The van der Waals surface area contributed by atoms with Crippen molar-refractivity contribution in [2.24, 2.45) is 0 Å². The van der Waals surface area contributed by atoms with Crippen LogP contribution in [0.5, 0.6) is 0 Å². The predicted octanol–water partition coefficient (Wildman–Crippen LogP) is 9.96. The van der Waals surface area contributed by atoms with Crippen LogP contribution in [-0.2, 0) is 0 Å². The standard InChI is InChI=1S/C40H26N4/c1-3-11-31-25-33(21-15-27(31)9-1)37-39(43-23-7-5-13-35(43)41-37)29-17-19-30(20-18-29)40-38(42-36-14-6-8-24-44(36)40)34-22-16-28-10-2-4-12-32(28)26-34/h1-26H. The van der Waals surface area contributed by atoms with Crippen molar-refractivity contribution in [3.8, 4) is 45.0 Å². The fourth-order valence-electron chi connectivity index (χ4n) is 6.41.